The number of halogens is 1. The molecule has 8 nitrogen and oxygen atoms in total. The van der Waals surface area contributed by atoms with Gasteiger partial charge in [-0.2, -0.15) is 5.10 Å². The monoisotopic (exact) mass is 415 g/mol. The third kappa shape index (κ3) is 5.88. The van der Waals surface area contributed by atoms with E-state index < -0.39 is 0 Å². The summed E-state index contributed by atoms with van der Waals surface area (Å²) in [6, 6.07) is 10.6. The number of aromatic nitrogens is 5. The van der Waals surface area contributed by atoms with Crippen LogP contribution in [0.4, 0.5) is 5.69 Å². The number of rotatable bonds is 7. The molecule has 1 atom stereocenters. The number of hydrogen-bond donors (Lipinski definition) is 2. The lowest BCUT2D eigenvalue weighted by Crippen LogP contribution is -2.34. The summed E-state index contributed by atoms with van der Waals surface area (Å²) in [4.78, 5) is 12.4. The molecule has 9 heteroatoms. The van der Waals surface area contributed by atoms with E-state index >= 15 is 0 Å². The number of carbonyl (C=O) groups is 1. The second-order valence-corrected chi connectivity index (χ2v) is 7.17. The zero-order valence-electron chi connectivity index (χ0n) is 16.2. The molecule has 1 saturated heterocycles. The summed E-state index contributed by atoms with van der Waals surface area (Å²) in [5.74, 6) is -0.277. The number of hydrogen-bond acceptors (Lipinski definition) is 5. The molecule has 1 unspecified atom stereocenters. The maximum Gasteiger partial charge on any atom is 0.277 e. The van der Waals surface area contributed by atoms with Gasteiger partial charge in [0.2, 0.25) is 0 Å². The first-order valence-corrected chi connectivity index (χ1v) is 9.77. The molecule has 3 heterocycles. The lowest BCUT2D eigenvalue weighted by Gasteiger charge is -2.23. The molecular formula is C20H26ClN7O. The first kappa shape index (κ1) is 21.0. The van der Waals surface area contributed by atoms with Crippen molar-refractivity contribution >= 4 is 24.0 Å². The minimum absolute atomic E-state index is 0. The molecule has 0 aliphatic carbocycles. The number of carbonyl (C=O) groups excluding carboxylic acids is 1. The predicted molar refractivity (Wildman–Crippen MR) is 113 cm³/mol. The molecule has 1 aliphatic heterocycles. The van der Waals surface area contributed by atoms with Gasteiger partial charge in [-0.15, -0.1) is 17.5 Å². The van der Waals surface area contributed by atoms with Crippen LogP contribution in [0.25, 0.3) is 0 Å². The topological polar surface area (TPSA) is 89.7 Å². The fourth-order valence-corrected chi connectivity index (χ4v) is 3.45. The molecule has 0 bridgehead atoms. The van der Waals surface area contributed by atoms with Crippen molar-refractivity contribution < 1.29 is 4.79 Å². The van der Waals surface area contributed by atoms with Crippen molar-refractivity contribution in [2.45, 2.75) is 44.8 Å². The second-order valence-electron chi connectivity index (χ2n) is 7.17. The molecule has 154 valence electrons. The Kier molecular flexibility index (Phi) is 7.37. The number of benzene rings is 1. The van der Waals surface area contributed by atoms with Gasteiger partial charge in [-0.3, -0.25) is 14.2 Å². The SMILES string of the molecule is Cl.O=C(Nc1cnn(Cc2ccccc2)c1)c1cn(CCC2CCCCN2)nn1. The Morgan fingerprint density at radius 2 is 2.03 bits per heavy atom. The minimum atomic E-state index is -0.277. The minimum Gasteiger partial charge on any atom is -0.318 e. The Bertz CT molecular complexity index is 902. The third-order valence-electron chi connectivity index (χ3n) is 4.97. The lowest BCUT2D eigenvalue weighted by atomic mass is 10.0. The molecular weight excluding hydrogens is 390 g/mol. The van der Waals surface area contributed by atoms with Crippen LogP contribution in [-0.4, -0.2) is 43.3 Å². The van der Waals surface area contributed by atoms with Crippen molar-refractivity contribution in [2.24, 2.45) is 0 Å². The van der Waals surface area contributed by atoms with E-state index in [4.69, 9.17) is 0 Å². The van der Waals surface area contributed by atoms with Crippen LogP contribution in [0, 0.1) is 0 Å². The molecule has 1 fully saturated rings. The number of nitrogens with one attached hydrogen (secondary N) is 2. The normalized spacial score (nSPS) is 16.2. The van der Waals surface area contributed by atoms with Crippen molar-refractivity contribution in [3.8, 4) is 0 Å². The Hall–Kier alpha value is -2.71. The van der Waals surface area contributed by atoms with E-state index in [-0.39, 0.29) is 18.3 Å². The van der Waals surface area contributed by atoms with Crippen molar-refractivity contribution in [1.29, 1.82) is 0 Å². The quantitative estimate of drug-likeness (QED) is 0.619. The number of nitrogens with zero attached hydrogens (tertiary/aromatic N) is 5. The highest BCUT2D eigenvalue weighted by Gasteiger charge is 2.15. The summed E-state index contributed by atoms with van der Waals surface area (Å²) in [5, 5.41) is 18.7. The number of piperidine rings is 1. The van der Waals surface area contributed by atoms with E-state index in [1.165, 1.54) is 19.3 Å². The Balaban J connectivity index is 0.00000240. The van der Waals surface area contributed by atoms with Crippen LogP contribution in [0.2, 0.25) is 0 Å². The maximum atomic E-state index is 12.4. The van der Waals surface area contributed by atoms with Crippen LogP contribution in [0.15, 0.2) is 48.9 Å². The predicted octanol–water partition coefficient (Wildman–Crippen LogP) is 2.73. The standard InChI is InChI=1S/C20H25N7O.ClH/c28-20(19-15-26(25-24-19)11-9-17-8-4-5-10-21-17)23-18-12-22-27(14-18)13-16-6-2-1-3-7-16;/h1-3,6-7,12,14-15,17,21H,4-5,8-11,13H2,(H,23,28);1H. The van der Waals surface area contributed by atoms with Gasteiger partial charge in [0, 0.05) is 18.8 Å². The van der Waals surface area contributed by atoms with Crippen LogP contribution < -0.4 is 10.6 Å². The first-order chi connectivity index (χ1) is 13.8. The molecule has 0 spiro atoms. The first-order valence-electron chi connectivity index (χ1n) is 9.77. The Labute approximate surface area is 176 Å². The van der Waals surface area contributed by atoms with E-state index in [0.717, 1.165) is 25.1 Å². The van der Waals surface area contributed by atoms with E-state index in [0.29, 0.717) is 24.0 Å². The van der Waals surface area contributed by atoms with Crippen molar-refractivity contribution in [2.75, 3.05) is 11.9 Å². The van der Waals surface area contributed by atoms with Crippen LogP contribution in [0.5, 0.6) is 0 Å². The van der Waals surface area contributed by atoms with E-state index in [1.807, 2.05) is 36.5 Å². The average Bonchev–Trinajstić information content (AvgIpc) is 3.38. The molecule has 29 heavy (non-hydrogen) atoms. The Morgan fingerprint density at radius 1 is 1.17 bits per heavy atom. The smallest absolute Gasteiger partial charge is 0.277 e. The lowest BCUT2D eigenvalue weighted by molar-refractivity contribution is 0.102. The molecule has 1 amide bonds. The van der Waals surface area contributed by atoms with Crippen LogP contribution in [0.3, 0.4) is 0 Å². The molecule has 1 aliphatic rings. The van der Waals surface area contributed by atoms with Crippen molar-refractivity contribution in [1.82, 2.24) is 30.1 Å². The van der Waals surface area contributed by atoms with Crippen LogP contribution in [0.1, 0.15) is 41.7 Å². The van der Waals surface area contributed by atoms with Gasteiger partial charge >= 0.3 is 0 Å². The molecule has 2 aromatic heterocycles. The third-order valence-corrected chi connectivity index (χ3v) is 4.97. The van der Waals surface area contributed by atoms with Crippen molar-refractivity contribution in [3.05, 3.63) is 60.2 Å². The summed E-state index contributed by atoms with van der Waals surface area (Å²) in [6.45, 7) is 2.50. The van der Waals surface area contributed by atoms with Gasteiger partial charge in [0.25, 0.3) is 5.91 Å². The van der Waals surface area contributed by atoms with Crippen LogP contribution in [-0.2, 0) is 13.1 Å². The second kappa shape index (κ2) is 10.2. The maximum absolute atomic E-state index is 12.4. The fourth-order valence-electron chi connectivity index (χ4n) is 3.45. The number of anilines is 1. The number of aryl methyl sites for hydroxylation is 1. The summed E-state index contributed by atoms with van der Waals surface area (Å²) in [5.41, 5.74) is 2.10. The van der Waals surface area contributed by atoms with Gasteiger partial charge in [0.1, 0.15) is 0 Å². The van der Waals surface area contributed by atoms with E-state index in [2.05, 4.69) is 26.0 Å². The average molecular weight is 416 g/mol. The zero-order chi connectivity index (χ0) is 19.2. The molecule has 1 aromatic carbocycles. The highest BCUT2D eigenvalue weighted by Crippen LogP contribution is 2.12. The molecule has 0 radical (unpaired) electrons. The van der Waals surface area contributed by atoms with Crippen LogP contribution >= 0.6 is 12.4 Å². The molecule has 3 aromatic rings. The van der Waals surface area contributed by atoms with Gasteiger partial charge in [0.05, 0.1) is 24.6 Å². The largest absolute Gasteiger partial charge is 0.318 e. The van der Waals surface area contributed by atoms with E-state index in [9.17, 15) is 4.79 Å². The highest BCUT2D eigenvalue weighted by atomic mass is 35.5. The molecule has 4 rings (SSSR count). The van der Waals surface area contributed by atoms with Gasteiger partial charge in [-0.05, 0) is 31.4 Å². The number of amides is 1. The van der Waals surface area contributed by atoms with Gasteiger partial charge in [-0.1, -0.05) is 42.0 Å². The van der Waals surface area contributed by atoms with Gasteiger partial charge in [0.15, 0.2) is 5.69 Å². The summed E-state index contributed by atoms with van der Waals surface area (Å²) in [7, 11) is 0. The van der Waals surface area contributed by atoms with Gasteiger partial charge < -0.3 is 10.6 Å². The summed E-state index contributed by atoms with van der Waals surface area (Å²) >= 11 is 0. The summed E-state index contributed by atoms with van der Waals surface area (Å²) in [6.07, 6.45) is 9.88. The van der Waals surface area contributed by atoms with Crippen molar-refractivity contribution in [3.63, 3.8) is 0 Å². The molecule has 2 N–H and O–H groups in total. The Morgan fingerprint density at radius 3 is 2.83 bits per heavy atom. The molecule has 0 saturated carbocycles. The van der Waals surface area contributed by atoms with Gasteiger partial charge in [-0.25, -0.2) is 0 Å². The van der Waals surface area contributed by atoms with E-state index in [1.54, 1.807) is 21.8 Å². The highest BCUT2D eigenvalue weighted by molar-refractivity contribution is 6.02. The summed E-state index contributed by atoms with van der Waals surface area (Å²) < 4.78 is 3.53. The zero-order valence-corrected chi connectivity index (χ0v) is 17.0. The fraction of sp³-hybridized carbons (Fsp3) is 0.400.